The van der Waals surface area contributed by atoms with Crippen LogP contribution in [0.15, 0.2) is 252 Å². The Morgan fingerprint density at radius 3 is 0.934 bits per heavy atom. The number of oxime groups is 4. The lowest BCUT2D eigenvalue weighted by molar-refractivity contribution is -0.384. The lowest BCUT2D eigenvalue weighted by Gasteiger charge is -2.05. The second-order valence-corrected chi connectivity index (χ2v) is 29.3. The van der Waals surface area contributed by atoms with Gasteiger partial charge in [-0.05, 0) is 130 Å². The van der Waals surface area contributed by atoms with E-state index in [1.54, 1.807) is 36.7 Å². The maximum Gasteiger partial charge on any atom is 0.331 e. The van der Waals surface area contributed by atoms with Crippen molar-refractivity contribution in [2.45, 2.75) is 190 Å². The number of unbranched alkanes of at least 4 members (excludes halogenated alkanes) is 12. The highest BCUT2D eigenvalue weighted by Gasteiger charge is 2.27. The second kappa shape index (κ2) is 47.6. The van der Waals surface area contributed by atoms with Gasteiger partial charge in [-0.1, -0.05) is 247 Å². The van der Waals surface area contributed by atoms with Crippen LogP contribution in [0.25, 0.3) is 60.7 Å². The van der Waals surface area contributed by atoms with Crippen molar-refractivity contribution in [1.82, 2.24) is 18.3 Å². The molecule has 0 bridgehead atoms. The largest absolute Gasteiger partial charge is 0.342 e. The molecule has 4 aromatic heterocycles. The highest BCUT2D eigenvalue weighted by atomic mass is 16.7. The van der Waals surface area contributed by atoms with Crippen molar-refractivity contribution in [1.29, 1.82) is 5.26 Å². The van der Waals surface area contributed by atoms with E-state index in [0.717, 1.165) is 163 Å². The number of ketones is 4. The number of benzene rings is 8. The Balaban J connectivity index is 0.000000185. The van der Waals surface area contributed by atoms with Gasteiger partial charge < -0.3 is 37.6 Å². The predicted molar refractivity (Wildman–Crippen MR) is 478 cm³/mol. The number of hydrogen-bond donors (Lipinski definition) is 0. The molecule has 0 saturated heterocycles. The van der Waals surface area contributed by atoms with E-state index in [4.69, 9.17) is 24.6 Å². The smallest absolute Gasteiger partial charge is 0.331 e. The third-order valence-corrected chi connectivity index (χ3v) is 20.0. The summed E-state index contributed by atoms with van der Waals surface area (Å²) in [6.07, 6.45) is 24.9. The zero-order valence-electron chi connectivity index (χ0n) is 70.5. The molecular formula is C98H104N10O14. The van der Waals surface area contributed by atoms with Gasteiger partial charge in [-0.25, -0.2) is 19.2 Å². The first-order valence-electron chi connectivity index (χ1n) is 41.6. The maximum absolute atomic E-state index is 13.4. The van der Waals surface area contributed by atoms with E-state index in [1.807, 2.05) is 184 Å². The van der Waals surface area contributed by atoms with Gasteiger partial charge in [0.05, 0.1) is 33.1 Å². The lowest BCUT2D eigenvalue weighted by atomic mass is 10.0. The van der Waals surface area contributed by atoms with Crippen LogP contribution in [-0.2, 0) is 45.1 Å². The average Bonchev–Trinajstić information content (AvgIpc) is 1.64. The number of para-hydroxylation sites is 5. The third kappa shape index (κ3) is 26.0. The number of Topliss-reactive ketones (excluding diaryl/α,β-unsaturated/α-hetero) is 4. The minimum atomic E-state index is -0.586. The molecule has 4 heterocycles. The highest BCUT2D eigenvalue weighted by Crippen LogP contribution is 2.32. The van der Waals surface area contributed by atoms with Crippen LogP contribution in [0.5, 0.6) is 0 Å². The average molecular weight is 1650 g/mol. The van der Waals surface area contributed by atoms with Crippen LogP contribution in [0, 0.1) is 21.4 Å². The fraction of sp³-hybridized carbons (Fsp3) is 0.296. The Kier molecular flexibility index (Phi) is 35.9. The van der Waals surface area contributed by atoms with Crippen LogP contribution in [-0.4, -0.2) is 93.0 Å². The van der Waals surface area contributed by atoms with Crippen LogP contribution < -0.4 is 0 Å². The van der Waals surface area contributed by atoms with E-state index in [2.05, 4.69) is 71.1 Å². The van der Waals surface area contributed by atoms with E-state index < -0.39 is 28.8 Å². The third-order valence-electron chi connectivity index (χ3n) is 20.0. The normalized spacial score (nSPS) is 11.5. The fourth-order valence-electron chi connectivity index (χ4n) is 13.9. The van der Waals surface area contributed by atoms with Gasteiger partial charge in [0.15, 0.2) is 0 Å². The number of aromatic nitrogens is 4. The molecule has 0 aliphatic heterocycles. The molecule has 0 aliphatic rings. The zero-order chi connectivity index (χ0) is 87.3. The van der Waals surface area contributed by atoms with Gasteiger partial charge in [0, 0.05) is 138 Å². The van der Waals surface area contributed by atoms with Crippen molar-refractivity contribution >= 4 is 119 Å². The summed E-state index contributed by atoms with van der Waals surface area (Å²) in [4.78, 5) is 128. The van der Waals surface area contributed by atoms with Gasteiger partial charge >= 0.3 is 23.9 Å². The maximum atomic E-state index is 13.4. The molecule has 24 heteroatoms. The molecule has 0 aliphatic carbocycles. The van der Waals surface area contributed by atoms with Crippen molar-refractivity contribution in [2.24, 2.45) is 20.6 Å². The van der Waals surface area contributed by atoms with Gasteiger partial charge in [0.2, 0.25) is 23.1 Å². The molecule has 12 aromatic rings. The van der Waals surface area contributed by atoms with Crippen LogP contribution in [0.4, 0.5) is 5.69 Å². The number of hydrogen-bond acceptors (Lipinski definition) is 19. The molecule has 24 nitrogen and oxygen atoms in total. The lowest BCUT2D eigenvalue weighted by Crippen LogP contribution is -2.16. The molecular weight excluding hydrogens is 1540 g/mol. The summed E-state index contributed by atoms with van der Waals surface area (Å²) in [6.45, 7) is 14.2. The number of rotatable bonds is 38. The first-order chi connectivity index (χ1) is 59.2. The Morgan fingerprint density at radius 2 is 0.623 bits per heavy atom. The van der Waals surface area contributed by atoms with Crippen LogP contribution in [0.1, 0.15) is 236 Å². The number of carbonyl (C=O) groups excluding carboxylic acids is 8. The number of fused-ring (bicyclic) bond motifs is 4. The van der Waals surface area contributed by atoms with Crippen molar-refractivity contribution in [2.75, 3.05) is 0 Å². The minimum absolute atomic E-state index is 0.00982. The summed E-state index contributed by atoms with van der Waals surface area (Å²) in [7, 11) is 0. The summed E-state index contributed by atoms with van der Waals surface area (Å²) in [5, 5.41) is 38.8. The van der Waals surface area contributed by atoms with E-state index in [-0.39, 0.29) is 46.0 Å². The van der Waals surface area contributed by atoms with Crippen LogP contribution in [0.2, 0.25) is 0 Å². The van der Waals surface area contributed by atoms with Crippen molar-refractivity contribution < 1.29 is 62.6 Å². The number of nitriles is 1. The summed E-state index contributed by atoms with van der Waals surface area (Å²) < 4.78 is 7.82. The second-order valence-electron chi connectivity index (χ2n) is 29.3. The summed E-state index contributed by atoms with van der Waals surface area (Å²) in [6, 6.07) is 66.1. The Bertz CT molecular complexity index is 5780. The van der Waals surface area contributed by atoms with Crippen molar-refractivity contribution in [3.05, 3.63) is 275 Å². The fourth-order valence-corrected chi connectivity index (χ4v) is 13.9. The summed E-state index contributed by atoms with van der Waals surface area (Å²) in [5.41, 5.74) is 10.9. The monoisotopic (exact) mass is 1640 g/mol. The van der Waals surface area contributed by atoms with Crippen molar-refractivity contribution in [3.8, 4) is 23.1 Å². The molecule has 0 spiro atoms. The topological polar surface area (TPSA) is 310 Å². The Labute approximate surface area is 710 Å². The first-order valence-corrected chi connectivity index (χ1v) is 41.6. The van der Waals surface area contributed by atoms with E-state index in [1.165, 1.54) is 39.8 Å². The Hall–Kier alpha value is -14.0. The highest BCUT2D eigenvalue weighted by molar-refractivity contribution is 6.50. The number of non-ortho nitro benzene ring substituents is 1. The Morgan fingerprint density at radius 1 is 0.344 bits per heavy atom. The molecule has 0 atom stereocenters. The first kappa shape index (κ1) is 91.9. The van der Waals surface area contributed by atoms with Gasteiger partial charge in [0.1, 0.15) is 22.8 Å². The summed E-state index contributed by atoms with van der Waals surface area (Å²) >= 11 is 0. The van der Waals surface area contributed by atoms with Crippen LogP contribution in [0.3, 0.4) is 0 Å². The standard InChI is InChI=1S/C25H25N3O3.C25H28N2O3.C24H25N3O5.C24H26N2O3/c1-3-4-5-6-10-23(27-31-18(2)29)25(30)22-17-28(24-11-8-7-9-21(22)24)20-14-12-19(16-26)13-15-20;1-3-4-5-9-15-23(26-30-19(2)28)25(29)22-18-27(17-20-12-7-6-8-13-20)24-16-11-10-14-21(22)24;1-3-4-5-6-10-22(25-32-17(2)28)24(29)21-16-26(23-11-8-7-9-20(21)23)18-12-14-19(15-13-18)27(30)31;1-3-4-5-9-15-22(25-29-18(2)27)24(28)21-17-26(19-12-7-6-8-13-19)23-16-11-10-14-20(21)23/h7-9,11-15,17H,3-6,10H2,1-2H3;6-8,10-14,16,18H,3-5,9,15,17H2,1-2H3;7-9,11-16H,3-6,10H2,1-2H3;6-8,10-14,16-17H,3-5,9,15H2,1-2H3/b27-23+;26-23+;2*25-22+. The number of nitrogens with zero attached hydrogens (tertiary/aromatic N) is 10. The number of nitro benzene ring substituents is 1. The number of nitro groups is 1. The molecule has 122 heavy (non-hydrogen) atoms. The molecule has 0 radical (unpaired) electrons. The van der Waals surface area contributed by atoms with Gasteiger partial charge in [-0.3, -0.25) is 29.3 Å². The molecule has 8 aromatic carbocycles. The molecule has 0 saturated carbocycles. The summed E-state index contributed by atoms with van der Waals surface area (Å²) in [5.74, 6) is -3.14. The molecule has 0 unspecified atom stereocenters. The van der Waals surface area contributed by atoms with Gasteiger partial charge in [-0.2, -0.15) is 5.26 Å². The molecule has 0 N–H and O–H groups in total. The van der Waals surface area contributed by atoms with Gasteiger partial charge in [-0.15, -0.1) is 0 Å². The predicted octanol–water partition coefficient (Wildman–Crippen LogP) is 22.6. The SMILES string of the molecule is CCCCCC/C(=N\OC(C)=O)C(=O)c1cn(-c2ccc(C#N)cc2)c2ccccc12.CCCCCC/C(=N\OC(C)=O)C(=O)c1cn(-c2ccc([N+](=O)[O-])cc2)c2ccccc12.CCCCCC/C(=N\OC(C)=O)C(=O)c1cn(-c2ccccc2)c2ccccc12.CCCCCC/C(=N\OC(C)=O)C(=O)c1cn(Cc2ccccc2)c2ccccc12. The quantitative estimate of drug-likeness (QED) is 0.00867. The van der Waals surface area contributed by atoms with E-state index >= 15 is 0 Å². The zero-order valence-corrected chi connectivity index (χ0v) is 70.5. The van der Waals surface area contributed by atoms with Crippen molar-refractivity contribution in [3.63, 3.8) is 0 Å². The molecule has 630 valence electrons. The van der Waals surface area contributed by atoms with E-state index in [0.29, 0.717) is 71.4 Å². The van der Waals surface area contributed by atoms with Gasteiger partial charge in [0.25, 0.3) is 5.69 Å². The molecule has 0 fully saturated rings. The van der Waals surface area contributed by atoms with E-state index in [9.17, 15) is 48.5 Å². The number of carbonyl (C=O) groups is 8. The minimum Gasteiger partial charge on any atom is -0.342 e. The molecule has 0 amide bonds. The molecule has 12 rings (SSSR count). The van der Waals surface area contributed by atoms with Crippen LogP contribution >= 0.6 is 0 Å².